The zero-order valence-corrected chi connectivity index (χ0v) is 17.9. The maximum atomic E-state index is 12.7. The second-order valence-corrected chi connectivity index (χ2v) is 13.2. The van der Waals surface area contributed by atoms with Gasteiger partial charge in [0, 0.05) is 10.2 Å². The number of anilines is 1. The molecule has 2 aromatic carbocycles. The molecule has 7 nitrogen and oxygen atoms in total. The van der Waals surface area contributed by atoms with Gasteiger partial charge in [-0.25, -0.2) is 25.3 Å². The van der Waals surface area contributed by atoms with E-state index in [1.54, 1.807) is 24.3 Å². The van der Waals surface area contributed by atoms with E-state index in [9.17, 15) is 25.3 Å². The highest BCUT2D eigenvalue weighted by Crippen LogP contribution is 2.27. The van der Waals surface area contributed by atoms with Gasteiger partial charge >= 0.3 is 0 Å². The van der Waals surface area contributed by atoms with Crippen LogP contribution in [0.5, 0.6) is 0 Å². The van der Waals surface area contributed by atoms with Gasteiger partial charge in [-0.05, 0) is 48.9 Å². The van der Waals surface area contributed by atoms with Crippen molar-refractivity contribution >= 4 is 51.3 Å². The Morgan fingerprint density at radius 1 is 0.963 bits per heavy atom. The average Bonchev–Trinajstić information content (AvgIpc) is 2.98. The van der Waals surface area contributed by atoms with Gasteiger partial charge in [0.05, 0.1) is 26.5 Å². The summed E-state index contributed by atoms with van der Waals surface area (Å²) in [6.45, 7) is 0. The van der Waals surface area contributed by atoms with E-state index in [2.05, 4.69) is 20.7 Å². The van der Waals surface area contributed by atoms with Gasteiger partial charge in [0.1, 0.15) is 0 Å². The minimum absolute atomic E-state index is 0.0127. The number of rotatable bonds is 5. The predicted molar refractivity (Wildman–Crippen MR) is 106 cm³/mol. The molecule has 0 aromatic heterocycles. The number of nitrogens with one attached hydrogen (secondary N) is 1. The van der Waals surface area contributed by atoms with Crippen LogP contribution in [0.15, 0.2) is 62.8 Å². The summed E-state index contributed by atoms with van der Waals surface area (Å²) in [4.78, 5) is -0.421. The zero-order chi connectivity index (χ0) is 19.9. The minimum atomic E-state index is -4.00. The first-order valence-corrected chi connectivity index (χ1v) is 13.5. The van der Waals surface area contributed by atoms with Crippen LogP contribution in [-0.2, 0) is 29.7 Å². The summed E-state index contributed by atoms with van der Waals surface area (Å²) in [6, 6.07) is 11.4. The fourth-order valence-electron chi connectivity index (χ4n) is 2.75. The largest absolute Gasteiger partial charge is 0.280 e. The van der Waals surface area contributed by atoms with E-state index in [-0.39, 0.29) is 22.0 Å². The third-order valence-corrected chi connectivity index (χ3v) is 10.2. The molecule has 1 fully saturated rings. The molecule has 0 spiro atoms. The van der Waals surface area contributed by atoms with Crippen molar-refractivity contribution in [3.63, 3.8) is 0 Å². The molecule has 2 aromatic rings. The maximum absolute atomic E-state index is 12.7. The number of halogens is 1. The van der Waals surface area contributed by atoms with Gasteiger partial charge < -0.3 is 0 Å². The van der Waals surface area contributed by atoms with Crippen molar-refractivity contribution in [3.05, 3.63) is 53.0 Å². The molecule has 0 aliphatic carbocycles. The molecule has 0 amide bonds. The summed E-state index contributed by atoms with van der Waals surface area (Å²) in [5.74, 6) is -0.622. The number of hydrogen-bond acceptors (Lipinski definition) is 6. The number of sulfonamides is 1. The molecule has 3 rings (SSSR count). The van der Waals surface area contributed by atoms with E-state index in [4.69, 9.17) is 0 Å². The average molecular weight is 494 g/mol. The Bertz CT molecular complexity index is 1170. The van der Waals surface area contributed by atoms with Gasteiger partial charge in [-0.3, -0.25) is 4.72 Å². The van der Waals surface area contributed by atoms with Crippen molar-refractivity contribution < 1.29 is 25.3 Å². The van der Waals surface area contributed by atoms with Crippen LogP contribution in [0, 0.1) is 0 Å². The minimum Gasteiger partial charge on any atom is -0.280 e. The first-order valence-electron chi connectivity index (χ1n) is 7.82. The molecule has 1 aliphatic heterocycles. The Kier molecular flexibility index (Phi) is 5.41. The number of hydrogen-bond donors (Lipinski definition) is 1. The van der Waals surface area contributed by atoms with Gasteiger partial charge in [0.15, 0.2) is 19.7 Å². The summed E-state index contributed by atoms with van der Waals surface area (Å²) >= 11 is 3.25. The molecular formula is C16H16BrNO6S3. The van der Waals surface area contributed by atoms with Crippen LogP contribution in [-0.4, -0.2) is 42.0 Å². The second-order valence-electron chi connectivity index (χ2n) is 6.16. The second kappa shape index (κ2) is 7.19. The van der Waals surface area contributed by atoms with E-state index in [0.29, 0.717) is 5.69 Å². The molecule has 0 unspecified atom stereocenters. The summed E-state index contributed by atoms with van der Waals surface area (Å²) in [5, 5.41) is -1.06. The quantitative estimate of drug-likeness (QED) is 0.682. The molecule has 1 aliphatic rings. The molecule has 0 radical (unpaired) electrons. The molecular weight excluding hydrogens is 478 g/mol. The van der Waals surface area contributed by atoms with E-state index in [1.807, 2.05) is 0 Å². The fraction of sp³-hybridized carbons (Fsp3) is 0.250. The Labute approximate surface area is 166 Å². The van der Waals surface area contributed by atoms with Crippen molar-refractivity contribution in [2.45, 2.75) is 21.5 Å². The molecule has 0 saturated carbocycles. The number of benzene rings is 2. The highest BCUT2D eigenvalue weighted by molar-refractivity contribution is 9.10. The number of sulfone groups is 2. The van der Waals surface area contributed by atoms with Crippen LogP contribution in [0.1, 0.15) is 6.42 Å². The molecule has 11 heteroatoms. The SMILES string of the molecule is O=S1(=O)CC[C@@H](S(=O)(=O)c2cccc(S(=O)(=O)Nc3ccc(Br)cc3)c2)C1. The van der Waals surface area contributed by atoms with Crippen LogP contribution >= 0.6 is 15.9 Å². The first-order chi connectivity index (χ1) is 12.5. The standard InChI is InChI=1S/C16H16BrNO6S3/c17-12-4-6-13(7-5-12)18-27(23,24)15-3-1-2-14(10-15)26(21,22)16-8-9-25(19,20)11-16/h1-7,10,16,18H,8-9,11H2/t16-/m1/s1. The highest BCUT2D eigenvalue weighted by Gasteiger charge is 2.38. The lowest BCUT2D eigenvalue weighted by Gasteiger charge is -2.12. The summed E-state index contributed by atoms with van der Waals surface area (Å²) in [7, 11) is -11.3. The highest BCUT2D eigenvalue weighted by atomic mass is 79.9. The van der Waals surface area contributed by atoms with Gasteiger partial charge in [-0.1, -0.05) is 22.0 Å². The summed E-state index contributed by atoms with van der Waals surface area (Å²) in [6.07, 6.45) is 0.0127. The van der Waals surface area contributed by atoms with E-state index < -0.39 is 40.7 Å². The van der Waals surface area contributed by atoms with Crippen molar-refractivity contribution in [1.29, 1.82) is 0 Å². The maximum Gasteiger partial charge on any atom is 0.261 e. The smallest absolute Gasteiger partial charge is 0.261 e. The summed E-state index contributed by atoms with van der Waals surface area (Å²) in [5.41, 5.74) is 0.327. The van der Waals surface area contributed by atoms with Gasteiger partial charge in [-0.2, -0.15) is 0 Å². The Morgan fingerprint density at radius 2 is 1.59 bits per heavy atom. The van der Waals surface area contributed by atoms with Gasteiger partial charge in [0.2, 0.25) is 0 Å². The van der Waals surface area contributed by atoms with Crippen molar-refractivity contribution in [3.8, 4) is 0 Å². The van der Waals surface area contributed by atoms with Crippen molar-refractivity contribution in [2.75, 3.05) is 16.2 Å². The molecule has 1 saturated heterocycles. The van der Waals surface area contributed by atoms with Crippen molar-refractivity contribution in [2.24, 2.45) is 0 Å². The molecule has 0 bridgehead atoms. The van der Waals surface area contributed by atoms with Crippen LogP contribution in [0.3, 0.4) is 0 Å². The normalized spacial score (nSPS) is 19.7. The van der Waals surface area contributed by atoms with E-state index in [0.717, 1.165) is 10.5 Å². The monoisotopic (exact) mass is 493 g/mol. The summed E-state index contributed by atoms with van der Waals surface area (Å²) < 4.78 is 76.9. The van der Waals surface area contributed by atoms with Crippen molar-refractivity contribution in [1.82, 2.24) is 0 Å². The lowest BCUT2D eigenvalue weighted by Crippen LogP contribution is -2.23. The van der Waals surface area contributed by atoms with Crippen LogP contribution in [0.25, 0.3) is 0 Å². The Balaban J connectivity index is 1.92. The Hall–Kier alpha value is -1.43. The molecule has 1 atom stereocenters. The lowest BCUT2D eigenvalue weighted by molar-refractivity contribution is 0.582. The predicted octanol–water partition coefficient (Wildman–Crippen LogP) is 2.21. The molecule has 1 N–H and O–H groups in total. The Morgan fingerprint density at radius 3 is 2.19 bits per heavy atom. The third-order valence-electron chi connectivity index (χ3n) is 4.17. The van der Waals surface area contributed by atoms with Gasteiger partial charge in [-0.15, -0.1) is 0 Å². The van der Waals surface area contributed by atoms with Gasteiger partial charge in [0.25, 0.3) is 10.0 Å². The van der Waals surface area contributed by atoms with E-state index in [1.165, 1.54) is 18.2 Å². The van der Waals surface area contributed by atoms with Crippen LogP contribution in [0.4, 0.5) is 5.69 Å². The molecule has 146 valence electrons. The van der Waals surface area contributed by atoms with Crippen LogP contribution in [0.2, 0.25) is 0 Å². The zero-order valence-electron chi connectivity index (χ0n) is 13.9. The lowest BCUT2D eigenvalue weighted by atomic mass is 10.3. The first kappa shape index (κ1) is 20.3. The van der Waals surface area contributed by atoms with Crippen LogP contribution < -0.4 is 4.72 Å². The molecule has 1 heterocycles. The third kappa shape index (κ3) is 4.53. The topological polar surface area (TPSA) is 114 Å². The fourth-order valence-corrected chi connectivity index (χ4v) is 8.60. The molecule has 27 heavy (non-hydrogen) atoms. The van der Waals surface area contributed by atoms with E-state index >= 15 is 0 Å².